The van der Waals surface area contributed by atoms with Crippen LogP contribution < -0.4 is 5.73 Å². The SMILES string of the molecule is Cc1cncc(C(N)C2CCCCS2)c1. The van der Waals surface area contributed by atoms with Gasteiger partial charge in [-0.3, -0.25) is 4.98 Å². The molecule has 0 saturated carbocycles. The van der Waals surface area contributed by atoms with Crippen LogP contribution in [0.25, 0.3) is 0 Å². The molecule has 0 radical (unpaired) electrons. The molecule has 2 rings (SSSR count). The number of thioether (sulfide) groups is 1. The van der Waals surface area contributed by atoms with Crippen molar-refractivity contribution in [3.05, 3.63) is 29.6 Å². The summed E-state index contributed by atoms with van der Waals surface area (Å²) in [6, 6.07) is 2.31. The number of hydrogen-bond donors (Lipinski definition) is 1. The predicted molar refractivity (Wildman–Crippen MR) is 66.0 cm³/mol. The van der Waals surface area contributed by atoms with Gasteiger partial charge in [0.25, 0.3) is 0 Å². The largest absolute Gasteiger partial charge is 0.323 e. The maximum Gasteiger partial charge on any atom is 0.0430 e. The molecule has 2 nitrogen and oxygen atoms in total. The minimum atomic E-state index is 0.155. The number of hydrogen-bond acceptors (Lipinski definition) is 3. The summed E-state index contributed by atoms with van der Waals surface area (Å²) in [5, 5.41) is 0.586. The Kier molecular flexibility index (Phi) is 3.65. The fourth-order valence-electron chi connectivity index (χ4n) is 2.02. The van der Waals surface area contributed by atoms with Gasteiger partial charge in [-0.15, -0.1) is 0 Å². The van der Waals surface area contributed by atoms with Crippen molar-refractivity contribution in [3.63, 3.8) is 0 Å². The molecule has 1 fully saturated rings. The third kappa shape index (κ3) is 2.73. The molecular weight excluding hydrogens is 204 g/mol. The number of aryl methyl sites for hydroxylation is 1. The molecule has 0 aromatic carbocycles. The van der Waals surface area contributed by atoms with E-state index in [2.05, 4.69) is 18.0 Å². The fourth-order valence-corrected chi connectivity index (χ4v) is 3.40. The van der Waals surface area contributed by atoms with E-state index in [-0.39, 0.29) is 6.04 Å². The third-order valence-electron chi connectivity index (χ3n) is 2.90. The van der Waals surface area contributed by atoms with Gasteiger partial charge in [0.05, 0.1) is 0 Å². The maximum absolute atomic E-state index is 6.28. The van der Waals surface area contributed by atoms with Crippen LogP contribution in [0.1, 0.15) is 36.4 Å². The highest BCUT2D eigenvalue weighted by molar-refractivity contribution is 8.00. The van der Waals surface area contributed by atoms with Gasteiger partial charge in [0.2, 0.25) is 0 Å². The summed E-state index contributed by atoms with van der Waals surface area (Å²) in [6.07, 6.45) is 7.71. The van der Waals surface area contributed by atoms with Gasteiger partial charge in [0.15, 0.2) is 0 Å². The topological polar surface area (TPSA) is 38.9 Å². The van der Waals surface area contributed by atoms with E-state index in [9.17, 15) is 0 Å². The standard InChI is InChI=1S/C12H18N2S/c1-9-6-10(8-14-7-9)12(13)11-4-2-3-5-15-11/h6-8,11-12H,2-5,13H2,1H3. The Hall–Kier alpha value is -0.540. The highest BCUT2D eigenvalue weighted by atomic mass is 32.2. The lowest BCUT2D eigenvalue weighted by Gasteiger charge is -2.27. The Morgan fingerprint density at radius 1 is 1.47 bits per heavy atom. The summed E-state index contributed by atoms with van der Waals surface area (Å²) in [7, 11) is 0. The van der Waals surface area contributed by atoms with E-state index in [1.54, 1.807) is 0 Å². The number of nitrogens with zero attached hydrogens (tertiary/aromatic N) is 1. The van der Waals surface area contributed by atoms with Crippen molar-refractivity contribution >= 4 is 11.8 Å². The predicted octanol–water partition coefficient (Wildman–Crippen LogP) is 2.68. The zero-order valence-corrected chi connectivity index (χ0v) is 9.96. The first-order chi connectivity index (χ1) is 7.27. The second kappa shape index (κ2) is 4.99. The first-order valence-corrected chi connectivity index (χ1v) is 6.61. The molecule has 0 aliphatic carbocycles. The minimum absolute atomic E-state index is 0.155. The van der Waals surface area contributed by atoms with Crippen LogP contribution in [0.5, 0.6) is 0 Å². The summed E-state index contributed by atoms with van der Waals surface area (Å²) in [4.78, 5) is 4.21. The molecule has 3 heteroatoms. The van der Waals surface area contributed by atoms with Gasteiger partial charge in [-0.2, -0.15) is 11.8 Å². The lowest BCUT2D eigenvalue weighted by Crippen LogP contribution is -2.26. The molecule has 2 heterocycles. The van der Waals surface area contributed by atoms with E-state index in [1.807, 2.05) is 24.2 Å². The van der Waals surface area contributed by atoms with Crippen molar-refractivity contribution in [1.29, 1.82) is 0 Å². The van der Waals surface area contributed by atoms with Crippen molar-refractivity contribution in [3.8, 4) is 0 Å². The van der Waals surface area contributed by atoms with Crippen LogP contribution in [0.4, 0.5) is 0 Å². The van der Waals surface area contributed by atoms with Crippen LogP contribution in [0.3, 0.4) is 0 Å². The van der Waals surface area contributed by atoms with Crippen LogP contribution >= 0.6 is 11.8 Å². The smallest absolute Gasteiger partial charge is 0.0430 e. The number of nitrogens with two attached hydrogens (primary N) is 1. The summed E-state index contributed by atoms with van der Waals surface area (Å²) >= 11 is 2.02. The molecule has 0 bridgehead atoms. The Morgan fingerprint density at radius 3 is 3.00 bits per heavy atom. The van der Waals surface area contributed by atoms with Crippen molar-refractivity contribution < 1.29 is 0 Å². The monoisotopic (exact) mass is 222 g/mol. The molecule has 2 N–H and O–H groups in total. The number of rotatable bonds is 2. The average Bonchev–Trinajstić information content (AvgIpc) is 2.29. The second-order valence-corrected chi connectivity index (χ2v) is 5.57. The zero-order chi connectivity index (χ0) is 10.7. The van der Waals surface area contributed by atoms with Crippen molar-refractivity contribution in [2.45, 2.75) is 37.5 Å². The molecule has 1 aromatic heterocycles. The lowest BCUT2D eigenvalue weighted by atomic mass is 10.0. The van der Waals surface area contributed by atoms with Gasteiger partial charge in [-0.1, -0.05) is 12.5 Å². The van der Waals surface area contributed by atoms with Crippen LogP contribution in [0, 0.1) is 6.92 Å². The average molecular weight is 222 g/mol. The summed E-state index contributed by atoms with van der Waals surface area (Å²) in [5.74, 6) is 1.26. The van der Waals surface area contributed by atoms with E-state index in [0.717, 1.165) is 0 Å². The zero-order valence-electron chi connectivity index (χ0n) is 9.15. The molecule has 1 aliphatic rings. The molecule has 2 atom stereocenters. The van der Waals surface area contributed by atoms with Crippen LogP contribution in [-0.2, 0) is 0 Å². The normalized spacial score (nSPS) is 23.7. The quantitative estimate of drug-likeness (QED) is 0.836. The summed E-state index contributed by atoms with van der Waals surface area (Å²) in [5.41, 5.74) is 8.66. The highest BCUT2D eigenvalue weighted by Gasteiger charge is 2.22. The van der Waals surface area contributed by atoms with Crippen LogP contribution in [-0.4, -0.2) is 16.0 Å². The number of aromatic nitrogens is 1. The van der Waals surface area contributed by atoms with E-state index < -0.39 is 0 Å². The van der Waals surface area contributed by atoms with Gasteiger partial charge in [0, 0.05) is 23.7 Å². The van der Waals surface area contributed by atoms with Crippen molar-refractivity contribution in [1.82, 2.24) is 4.98 Å². The molecule has 82 valence electrons. The molecular formula is C12H18N2S. The molecule has 1 aliphatic heterocycles. The third-order valence-corrected chi connectivity index (χ3v) is 4.38. The first-order valence-electron chi connectivity index (χ1n) is 5.56. The minimum Gasteiger partial charge on any atom is -0.323 e. The van der Waals surface area contributed by atoms with Gasteiger partial charge in [-0.25, -0.2) is 0 Å². The van der Waals surface area contributed by atoms with E-state index in [0.29, 0.717) is 5.25 Å². The Morgan fingerprint density at radius 2 is 2.33 bits per heavy atom. The van der Waals surface area contributed by atoms with Crippen LogP contribution in [0.15, 0.2) is 18.5 Å². The first kappa shape index (κ1) is 11.0. The Balaban J connectivity index is 2.08. The van der Waals surface area contributed by atoms with E-state index in [1.165, 1.54) is 36.1 Å². The van der Waals surface area contributed by atoms with E-state index in [4.69, 9.17) is 5.73 Å². The molecule has 15 heavy (non-hydrogen) atoms. The van der Waals surface area contributed by atoms with Gasteiger partial charge in [-0.05, 0) is 36.6 Å². The molecule has 0 amide bonds. The van der Waals surface area contributed by atoms with Crippen LogP contribution in [0.2, 0.25) is 0 Å². The van der Waals surface area contributed by atoms with Gasteiger partial charge < -0.3 is 5.73 Å². The van der Waals surface area contributed by atoms with Crippen molar-refractivity contribution in [2.24, 2.45) is 5.73 Å². The van der Waals surface area contributed by atoms with E-state index >= 15 is 0 Å². The van der Waals surface area contributed by atoms with Gasteiger partial charge >= 0.3 is 0 Å². The summed E-state index contributed by atoms with van der Waals surface area (Å²) < 4.78 is 0. The van der Waals surface area contributed by atoms with Crippen molar-refractivity contribution in [2.75, 3.05) is 5.75 Å². The number of pyridine rings is 1. The van der Waals surface area contributed by atoms with Gasteiger partial charge in [0.1, 0.15) is 0 Å². The molecule has 1 aromatic rings. The summed E-state index contributed by atoms with van der Waals surface area (Å²) in [6.45, 7) is 2.07. The lowest BCUT2D eigenvalue weighted by molar-refractivity contribution is 0.580. The second-order valence-electron chi connectivity index (χ2n) is 4.23. The fraction of sp³-hybridized carbons (Fsp3) is 0.583. The highest BCUT2D eigenvalue weighted by Crippen LogP contribution is 2.33. The molecule has 1 saturated heterocycles. The molecule has 2 unspecified atom stereocenters. The maximum atomic E-state index is 6.28. The molecule has 0 spiro atoms. The Bertz CT molecular complexity index is 321. The Labute approximate surface area is 95.7 Å².